The number of rotatable bonds is 2. The van der Waals surface area contributed by atoms with Crippen LogP contribution in [0.3, 0.4) is 0 Å². The van der Waals surface area contributed by atoms with Crippen molar-refractivity contribution in [2.45, 2.75) is 32.6 Å². The number of aromatic nitrogens is 3. The number of nitrogen functional groups attached to an aromatic ring is 1. The van der Waals surface area contributed by atoms with Crippen LogP contribution in [0.4, 0.5) is 5.82 Å². The highest BCUT2D eigenvalue weighted by Crippen LogP contribution is 2.31. The van der Waals surface area contributed by atoms with E-state index in [1.54, 1.807) is 11.3 Å². The van der Waals surface area contributed by atoms with Crippen molar-refractivity contribution in [2.24, 2.45) is 0 Å². The van der Waals surface area contributed by atoms with Gasteiger partial charge in [-0.3, -0.25) is 4.79 Å². The summed E-state index contributed by atoms with van der Waals surface area (Å²) in [6.07, 6.45) is 5.02. The van der Waals surface area contributed by atoms with Gasteiger partial charge in [-0.25, -0.2) is 15.0 Å². The largest absolute Gasteiger partial charge is 0.382 e. The van der Waals surface area contributed by atoms with E-state index in [1.165, 1.54) is 17.3 Å². The third-order valence-corrected chi connectivity index (χ3v) is 5.27. The maximum atomic E-state index is 12.6. The average Bonchev–Trinajstić information content (AvgIpc) is 2.87. The molecule has 1 amide bonds. The Bertz CT molecular complexity index is 679. The van der Waals surface area contributed by atoms with Crippen LogP contribution >= 0.6 is 11.3 Å². The summed E-state index contributed by atoms with van der Waals surface area (Å²) in [4.78, 5) is 28.3. The van der Waals surface area contributed by atoms with E-state index < -0.39 is 0 Å². The fraction of sp³-hybridized carbons (Fsp3) is 0.467. The molecular weight excluding hydrogens is 298 g/mol. The van der Waals surface area contributed by atoms with E-state index in [2.05, 4.69) is 21.9 Å². The molecule has 6 nitrogen and oxygen atoms in total. The number of anilines is 1. The van der Waals surface area contributed by atoms with Gasteiger partial charge in [0.2, 0.25) is 0 Å². The highest BCUT2D eigenvalue weighted by Gasteiger charge is 2.29. The number of piperidine rings is 1. The van der Waals surface area contributed by atoms with E-state index >= 15 is 0 Å². The second kappa shape index (κ2) is 6.00. The molecule has 1 fully saturated rings. The van der Waals surface area contributed by atoms with Gasteiger partial charge in [0.25, 0.3) is 5.91 Å². The molecule has 22 heavy (non-hydrogen) atoms. The van der Waals surface area contributed by atoms with Crippen LogP contribution in [0.25, 0.3) is 0 Å². The van der Waals surface area contributed by atoms with Crippen LogP contribution in [0.1, 0.15) is 44.8 Å². The molecule has 1 aliphatic heterocycles. The van der Waals surface area contributed by atoms with Crippen LogP contribution < -0.4 is 5.73 Å². The van der Waals surface area contributed by atoms with E-state index in [4.69, 9.17) is 5.73 Å². The third kappa shape index (κ3) is 2.81. The SMILES string of the molecule is Cc1nc([C@@H]2CCCN(C(=O)c3nccnc3N)C2)sc1C. The van der Waals surface area contributed by atoms with E-state index in [9.17, 15) is 4.79 Å². The van der Waals surface area contributed by atoms with Gasteiger partial charge in [0.1, 0.15) is 0 Å². The Kier molecular flexibility index (Phi) is 4.06. The number of carbonyl (C=O) groups is 1. The van der Waals surface area contributed by atoms with Crippen LogP contribution in [0.5, 0.6) is 0 Å². The average molecular weight is 317 g/mol. The van der Waals surface area contributed by atoms with Gasteiger partial charge in [0.15, 0.2) is 11.5 Å². The van der Waals surface area contributed by atoms with Crippen molar-refractivity contribution in [3.8, 4) is 0 Å². The molecule has 0 bridgehead atoms. The van der Waals surface area contributed by atoms with E-state index in [0.717, 1.165) is 30.1 Å². The standard InChI is InChI=1S/C15H19N5OS/c1-9-10(2)22-14(19-9)11-4-3-7-20(8-11)15(21)12-13(16)18-6-5-17-12/h5-6,11H,3-4,7-8H2,1-2H3,(H2,16,18)/t11-/m1/s1. The molecule has 0 aliphatic carbocycles. The smallest absolute Gasteiger partial charge is 0.276 e. The topological polar surface area (TPSA) is 85.0 Å². The molecule has 0 radical (unpaired) electrons. The Labute approximate surface area is 133 Å². The van der Waals surface area contributed by atoms with Gasteiger partial charge >= 0.3 is 0 Å². The van der Waals surface area contributed by atoms with Gasteiger partial charge in [0.05, 0.1) is 10.7 Å². The second-order valence-electron chi connectivity index (χ2n) is 5.57. The number of nitrogens with two attached hydrogens (primary N) is 1. The summed E-state index contributed by atoms with van der Waals surface area (Å²) in [5.74, 6) is 0.351. The zero-order valence-electron chi connectivity index (χ0n) is 12.7. The minimum Gasteiger partial charge on any atom is -0.382 e. The van der Waals surface area contributed by atoms with Gasteiger partial charge < -0.3 is 10.6 Å². The van der Waals surface area contributed by atoms with Crippen LogP contribution in [0, 0.1) is 13.8 Å². The molecule has 0 unspecified atom stereocenters. The normalized spacial score (nSPS) is 18.5. The number of hydrogen-bond donors (Lipinski definition) is 1. The molecule has 1 aliphatic rings. The lowest BCUT2D eigenvalue weighted by molar-refractivity contribution is 0.0702. The number of hydrogen-bond acceptors (Lipinski definition) is 6. The van der Waals surface area contributed by atoms with E-state index in [0.29, 0.717) is 12.5 Å². The minimum absolute atomic E-state index is 0.139. The summed E-state index contributed by atoms with van der Waals surface area (Å²) in [7, 11) is 0. The molecule has 1 atom stereocenters. The summed E-state index contributed by atoms with van der Waals surface area (Å²) >= 11 is 1.73. The lowest BCUT2D eigenvalue weighted by Gasteiger charge is -2.31. The van der Waals surface area contributed by atoms with Crippen molar-refractivity contribution in [3.05, 3.63) is 33.7 Å². The number of aryl methyl sites for hydroxylation is 2. The minimum atomic E-state index is -0.139. The van der Waals surface area contributed by atoms with Crippen molar-refractivity contribution in [1.82, 2.24) is 19.9 Å². The fourth-order valence-corrected chi connectivity index (χ4v) is 3.75. The first kappa shape index (κ1) is 14.9. The predicted molar refractivity (Wildman–Crippen MR) is 85.9 cm³/mol. The van der Waals surface area contributed by atoms with Crippen LogP contribution in [-0.4, -0.2) is 38.8 Å². The molecule has 0 saturated carbocycles. The summed E-state index contributed by atoms with van der Waals surface area (Å²) in [6.45, 7) is 5.51. The lowest BCUT2D eigenvalue weighted by atomic mass is 9.98. The van der Waals surface area contributed by atoms with Gasteiger partial charge in [-0.15, -0.1) is 11.3 Å². The zero-order chi connectivity index (χ0) is 15.7. The number of carbonyl (C=O) groups excluding carboxylic acids is 1. The summed E-state index contributed by atoms with van der Waals surface area (Å²) in [5, 5.41) is 1.12. The Morgan fingerprint density at radius 1 is 1.36 bits per heavy atom. The fourth-order valence-electron chi connectivity index (χ4n) is 2.70. The number of likely N-dealkylation sites (tertiary alicyclic amines) is 1. The molecule has 116 valence electrons. The maximum Gasteiger partial charge on any atom is 0.276 e. The predicted octanol–water partition coefficient (Wildman–Crippen LogP) is 2.15. The molecule has 3 heterocycles. The third-order valence-electron chi connectivity index (χ3n) is 4.03. The van der Waals surface area contributed by atoms with Crippen molar-refractivity contribution in [2.75, 3.05) is 18.8 Å². The van der Waals surface area contributed by atoms with Crippen molar-refractivity contribution in [3.63, 3.8) is 0 Å². The lowest BCUT2D eigenvalue weighted by Crippen LogP contribution is -2.39. The monoisotopic (exact) mass is 317 g/mol. The van der Waals surface area contributed by atoms with Gasteiger partial charge in [0, 0.05) is 36.3 Å². The Morgan fingerprint density at radius 2 is 2.14 bits per heavy atom. The van der Waals surface area contributed by atoms with E-state index in [-0.39, 0.29) is 17.4 Å². The molecule has 1 saturated heterocycles. The maximum absolute atomic E-state index is 12.6. The summed E-state index contributed by atoms with van der Waals surface area (Å²) in [5.41, 5.74) is 7.10. The summed E-state index contributed by atoms with van der Waals surface area (Å²) in [6, 6.07) is 0. The second-order valence-corrected chi connectivity index (χ2v) is 6.81. The van der Waals surface area contributed by atoms with Crippen molar-refractivity contribution < 1.29 is 4.79 Å². The van der Waals surface area contributed by atoms with Gasteiger partial charge in [-0.1, -0.05) is 0 Å². The van der Waals surface area contributed by atoms with E-state index in [1.807, 2.05) is 11.8 Å². The van der Waals surface area contributed by atoms with Crippen LogP contribution in [0.15, 0.2) is 12.4 Å². The molecule has 2 aromatic heterocycles. The Balaban J connectivity index is 1.78. The Morgan fingerprint density at radius 3 is 2.82 bits per heavy atom. The number of thiazole rings is 1. The Hall–Kier alpha value is -2.02. The quantitative estimate of drug-likeness (QED) is 0.917. The van der Waals surface area contributed by atoms with Gasteiger partial charge in [-0.2, -0.15) is 0 Å². The van der Waals surface area contributed by atoms with Gasteiger partial charge in [-0.05, 0) is 26.7 Å². The first-order chi connectivity index (χ1) is 10.6. The van der Waals surface area contributed by atoms with Crippen molar-refractivity contribution >= 4 is 23.1 Å². The molecule has 7 heteroatoms. The molecule has 2 N–H and O–H groups in total. The highest BCUT2D eigenvalue weighted by atomic mass is 32.1. The summed E-state index contributed by atoms with van der Waals surface area (Å²) < 4.78 is 0. The first-order valence-corrected chi connectivity index (χ1v) is 8.17. The van der Waals surface area contributed by atoms with Crippen molar-refractivity contribution in [1.29, 1.82) is 0 Å². The molecule has 2 aromatic rings. The molecule has 0 spiro atoms. The molecule has 3 rings (SSSR count). The zero-order valence-corrected chi connectivity index (χ0v) is 13.6. The first-order valence-electron chi connectivity index (χ1n) is 7.36. The van der Waals surface area contributed by atoms with Crippen LogP contribution in [0.2, 0.25) is 0 Å². The number of nitrogens with zero attached hydrogens (tertiary/aromatic N) is 4. The van der Waals surface area contributed by atoms with Crippen LogP contribution in [-0.2, 0) is 0 Å². The number of amides is 1. The molecule has 0 aromatic carbocycles. The highest BCUT2D eigenvalue weighted by molar-refractivity contribution is 7.11. The molecular formula is C15H19N5OS.